The van der Waals surface area contributed by atoms with Crippen LogP contribution in [-0.4, -0.2) is 33.7 Å². The van der Waals surface area contributed by atoms with Crippen molar-refractivity contribution >= 4 is 11.6 Å². The molecule has 0 radical (unpaired) electrons. The van der Waals surface area contributed by atoms with Crippen LogP contribution in [0.5, 0.6) is 5.75 Å². The van der Waals surface area contributed by atoms with E-state index >= 15 is 0 Å². The highest BCUT2D eigenvalue weighted by Gasteiger charge is 2.20. The van der Waals surface area contributed by atoms with Gasteiger partial charge in [0.25, 0.3) is 0 Å². The minimum absolute atomic E-state index is 0.709. The molecule has 2 aromatic carbocycles. The molecule has 7 heteroatoms. The Hall–Kier alpha value is -3.22. The number of benzene rings is 2. The van der Waals surface area contributed by atoms with Gasteiger partial charge in [-0.2, -0.15) is 0 Å². The summed E-state index contributed by atoms with van der Waals surface area (Å²) in [6, 6.07) is 17.4. The smallest absolute Gasteiger partial charge is 0.167 e. The van der Waals surface area contributed by atoms with Gasteiger partial charge in [0.15, 0.2) is 11.6 Å². The van der Waals surface area contributed by atoms with E-state index in [1.54, 1.807) is 7.11 Å². The summed E-state index contributed by atoms with van der Waals surface area (Å²) in [4.78, 5) is 11.7. The van der Waals surface area contributed by atoms with Crippen LogP contribution in [0.1, 0.15) is 17.0 Å². The lowest BCUT2D eigenvalue weighted by Crippen LogP contribution is -2.31. The molecule has 0 bridgehead atoms. The topological polar surface area (TPSA) is 64.3 Å². The molecule has 31 heavy (non-hydrogen) atoms. The minimum atomic E-state index is 0.709. The van der Waals surface area contributed by atoms with E-state index in [0.717, 1.165) is 71.5 Å². The van der Waals surface area contributed by atoms with Crippen molar-refractivity contribution in [1.29, 1.82) is 0 Å². The molecule has 0 fully saturated rings. The number of halogens is 1. The zero-order valence-corrected chi connectivity index (χ0v) is 17.8. The molecule has 1 aliphatic heterocycles. The third-order valence-electron chi connectivity index (χ3n) is 5.43. The van der Waals surface area contributed by atoms with Crippen molar-refractivity contribution in [1.82, 2.24) is 20.0 Å². The predicted molar refractivity (Wildman–Crippen MR) is 119 cm³/mol. The van der Waals surface area contributed by atoms with Gasteiger partial charge in [0.1, 0.15) is 5.75 Å². The fourth-order valence-corrected chi connectivity index (χ4v) is 3.88. The molecule has 156 valence electrons. The maximum atomic E-state index is 5.98. The first-order valence-corrected chi connectivity index (χ1v) is 10.5. The number of aromatic nitrogens is 3. The van der Waals surface area contributed by atoms with Gasteiger partial charge in [-0.1, -0.05) is 16.8 Å². The van der Waals surface area contributed by atoms with Gasteiger partial charge in [-0.25, -0.2) is 9.97 Å². The Morgan fingerprint density at radius 2 is 1.84 bits per heavy atom. The van der Waals surface area contributed by atoms with E-state index in [0.29, 0.717) is 5.02 Å². The van der Waals surface area contributed by atoms with Crippen LogP contribution in [0, 0.1) is 0 Å². The van der Waals surface area contributed by atoms with Crippen LogP contribution < -0.4 is 4.74 Å². The molecule has 0 amide bonds. The van der Waals surface area contributed by atoms with E-state index < -0.39 is 0 Å². The molecule has 2 aromatic heterocycles. The zero-order chi connectivity index (χ0) is 21.2. The van der Waals surface area contributed by atoms with Gasteiger partial charge in [-0.05, 0) is 48.5 Å². The lowest BCUT2D eigenvalue weighted by Gasteiger charge is -2.27. The standard InChI is InChI=1S/C24H21ClN4O2/c1-30-21-8-4-16(5-9-21)23-12-20(28-31-23)15-29-11-10-22-18(14-29)13-26-24(27-22)17-2-6-19(25)7-3-17/h2-9,12-13H,10-11,14-15H2,1H3. The highest BCUT2D eigenvalue weighted by Crippen LogP contribution is 2.26. The fourth-order valence-electron chi connectivity index (χ4n) is 3.75. The van der Waals surface area contributed by atoms with Crippen molar-refractivity contribution in [2.45, 2.75) is 19.5 Å². The Bertz CT molecular complexity index is 1190. The molecule has 0 saturated carbocycles. The lowest BCUT2D eigenvalue weighted by atomic mass is 10.1. The maximum absolute atomic E-state index is 5.98. The Kier molecular flexibility index (Phi) is 5.40. The molecule has 0 N–H and O–H groups in total. The first kappa shape index (κ1) is 19.7. The van der Waals surface area contributed by atoms with Gasteiger partial charge in [0.05, 0.1) is 18.5 Å². The third kappa shape index (κ3) is 4.31. The zero-order valence-electron chi connectivity index (χ0n) is 17.1. The van der Waals surface area contributed by atoms with Gasteiger partial charge in [0.2, 0.25) is 0 Å². The first-order chi connectivity index (χ1) is 15.2. The van der Waals surface area contributed by atoms with Crippen LogP contribution in [0.25, 0.3) is 22.7 Å². The fraction of sp³-hybridized carbons (Fsp3) is 0.208. The molecule has 4 aromatic rings. The van der Waals surface area contributed by atoms with Crippen LogP contribution in [0.3, 0.4) is 0 Å². The molecule has 0 spiro atoms. The Labute approximate surface area is 185 Å². The van der Waals surface area contributed by atoms with Gasteiger partial charge in [-0.15, -0.1) is 0 Å². The predicted octanol–water partition coefficient (Wildman–Crippen LogP) is 5.02. The largest absolute Gasteiger partial charge is 0.497 e. The van der Waals surface area contributed by atoms with E-state index in [9.17, 15) is 0 Å². The van der Waals surface area contributed by atoms with Crippen molar-refractivity contribution in [3.8, 4) is 28.5 Å². The number of rotatable bonds is 5. The van der Waals surface area contributed by atoms with Crippen LogP contribution >= 0.6 is 11.6 Å². The van der Waals surface area contributed by atoms with E-state index in [1.165, 1.54) is 0 Å². The summed E-state index contributed by atoms with van der Waals surface area (Å²) in [5, 5.41) is 4.96. The van der Waals surface area contributed by atoms with Gasteiger partial charge < -0.3 is 9.26 Å². The second-order valence-corrected chi connectivity index (χ2v) is 7.98. The number of hydrogen-bond donors (Lipinski definition) is 0. The normalized spacial score (nSPS) is 13.7. The minimum Gasteiger partial charge on any atom is -0.497 e. The Balaban J connectivity index is 1.27. The van der Waals surface area contributed by atoms with Crippen LogP contribution in [-0.2, 0) is 19.5 Å². The van der Waals surface area contributed by atoms with Crippen molar-refractivity contribution in [3.63, 3.8) is 0 Å². The molecule has 1 aliphatic rings. The summed E-state index contributed by atoms with van der Waals surface area (Å²) in [7, 11) is 1.65. The summed E-state index contributed by atoms with van der Waals surface area (Å²) >= 11 is 5.98. The quantitative estimate of drug-likeness (QED) is 0.441. The van der Waals surface area contributed by atoms with Crippen LogP contribution in [0.4, 0.5) is 0 Å². The highest BCUT2D eigenvalue weighted by molar-refractivity contribution is 6.30. The molecule has 0 unspecified atom stereocenters. The van der Waals surface area contributed by atoms with E-state index in [1.807, 2.05) is 60.8 Å². The Morgan fingerprint density at radius 1 is 1.06 bits per heavy atom. The Morgan fingerprint density at radius 3 is 2.61 bits per heavy atom. The van der Waals surface area contributed by atoms with E-state index in [-0.39, 0.29) is 0 Å². The second kappa shape index (κ2) is 8.49. The summed E-state index contributed by atoms with van der Waals surface area (Å²) in [6.07, 6.45) is 2.81. The lowest BCUT2D eigenvalue weighted by molar-refractivity contribution is 0.235. The molecule has 0 saturated heterocycles. The molecular formula is C24H21ClN4O2. The highest BCUT2D eigenvalue weighted by atomic mass is 35.5. The average Bonchev–Trinajstić information content (AvgIpc) is 3.28. The van der Waals surface area contributed by atoms with Gasteiger partial charge in [0, 0.05) is 60.0 Å². The van der Waals surface area contributed by atoms with E-state index in [4.69, 9.17) is 25.8 Å². The molecule has 6 nitrogen and oxygen atoms in total. The number of nitrogens with zero attached hydrogens (tertiary/aromatic N) is 4. The molecule has 5 rings (SSSR count). The first-order valence-electron chi connectivity index (χ1n) is 10.1. The van der Waals surface area contributed by atoms with Crippen LogP contribution in [0.2, 0.25) is 5.02 Å². The summed E-state index contributed by atoms with van der Waals surface area (Å²) < 4.78 is 10.8. The summed E-state index contributed by atoms with van der Waals surface area (Å²) in [5.41, 5.74) is 5.13. The number of ether oxygens (including phenoxy) is 1. The van der Waals surface area contributed by atoms with Gasteiger partial charge >= 0.3 is 0 Å². The van der Waals surface area contributed by atoms with Crippen molar-refractivity contribution < 1.29 is 9.26 Å². The second-order valence-electron chi connectivity index (χ2n) is 7.54. The molecule has 0 atom stereocenters. The third-order valence-corrected chi connectivity index (χ3v) is 5.69. The average molecular weight is 433 g/mol. The van der Waals surface area contributed by atoms with E-state index in [2.05, 4.69) is 15.0 Å². The van der Waals surface area contributed by atoms with Crippen molar-refractivity contribution in [2.24, 2.45) is 0 Å². The molecule has 0 aliphatic carbocycles. The number of hydrogen-bond acceptors (Lipinski definition) is 6. The summed E-state index contributed by atoms with van der Waals surface area (Å²) in [6.45, 7) is 2.42. The van der Waals surface area contributed by atoms with Crippen molar-refractivity contribution in [3.05, 3.63) is 82.8 Å². The SMILES string of the molecule is COc1ccc(-c2cc(CN3CCc4nc(-c5ccc(Cl)cc5)ncc4C3)no2)cc1. The number of methoxy groups -OCH3 is 1. The molecular weight excluding hydrogens is 412 g/mol. The van der Waals surface area contributed by atoms with Crippen molar-refractivity contribution in [2.75, 3.05) is 13.7 Å². The van der Waals surface area contributed by atoms with Gasteiger partial charge in [-0.3, -0.25) is 4.90 Å². The number of fused-ring (bicyclic) bond motifs is 1. The monoisotopic (exact) mass is 432 g/mol. The summed E-state index contributed by atoms with van der Waals surface area (Å²) in [5.74, 6) is 2.31. The molecule has 3 heterocycles. The maximum Gasteiger partial charge on any atom is 0.167 e. The van der Waals surface area contributed by atoms with Crippen LogP contribution in [0.15, 0.2) is 65.3 Å².